The van der Waals surface area contributed by atoms with Crippen molar-refractivity contribution >= 4 is 11.6 Å². The molecule has 0 aromatic heterocycles. The van der Waals surface area contributed by atoms with Gasteiger partial charge >= 0.3 is 0 Å². The van der Waals surface area contributed by atoms with Crippen LogP contribution in [-0.4, -0.2) is 38.1 Å². The first-order chi connectivity index (χ1) is 7.37. The van der Waals surface area contributed by atoms with Crippen molar-refractivity contribution in [3.63, 3.8) is 0 Å². The topological polar surface area (TPSA) is 29.1 Å². The third kappa shape index (κ3) is 7.13. The highest BCUT2D eigenvalue weighted by Gasteiger charge is 2.06. The lowest BCUT2D eigenvalue weighted by atomic mass is 10.1. The van der Waals surface area contributed by atoms with E-state index < -0.39 is 0 Å². The van der Waals surface area contributed by atoms with Gasteiger partial charge in [-0.2, -0.15) is 0 Å². The van der Waals surface area contributed by atoms with Crippen molar-refractivity contribution < 1.29 is 26.3 Å². The number of nitrogens with zero attached hydrogens (tertiary/aromatic N) is 1. The molecule has 0 aliphatic heterocycles. The van der Waals surface area contributed by atoms with Crippen molar-refractivity contribution in [2.75, 3.05) is 33.0 Å². The van der Waals surface area contributed by atoms with Gasteiger partial charge in [0.1, 0.15) is 0 Å². The maximum atomic E-state index is 10.8. The molecular formula is C13H21BrN2O. The zero-order valence-electron chi connectivity index (χ0n) is 11.0. The Hall–Kier alpha value is -0.870. The number of carbonyl (C=O) groups excluding carboxylic acids is 1. The quantitative estimate of drug-likeness (QED) is 0.703. The van der Waals surface area contributed by atoms with E-state index in [2.05, 4.69) is 38.6 Å². The monoisotopic (exact) mass is 300 g/mol. The molecule has 17 heavy (non-hydrogen) atoms. The zero-order valence-corrected chi connectivity index (χ0v) is 12.5. The zero-order chi connectivity index (χ0) is 12.2. The van der Waals surface area contributed by atoms with Gasteiger partial charge in [-0.15, -0.1) is 0 Å². The molecule has 0 saturated carbocycles. The molecule has 1 rings (SSSR count). The van der Waals surface area contributed by atoms with Crippen LogP contribution in [0.15, 0.2) is 24.3 Å². The van der Waals surface area contributed by atoms with Crippen molar-refractivity contribution in [3.8, 4) is 0 Å². The highest BCUT2D eigenvalue weighted by Crippen LogP contribution is 2.10. The van der Waals surface area contributed by atoms with Crippen LogP contribution in [0.3, 0.4) is 0 Å². The Balaban J connectivity index is 0.00000256. The number of carbonyl (C=O) groups is 1. The van der Waals surface area contributed by atoms with Gasteiger partial charge in [-0.1, -0.05) is 12.1 Å². The summed E-state index contributed by atoms with van der Waals surface area (Å²) in [5, 5.41) is 2.76. The number of quaternary nitrogens is 1. The van der Waals surface area contributed by atoms with Gasteiger partial charge in [-0.3, -0.25) is 4.79 Å². The molecule has 1 aromatic rings. The number of anilines is 1. The lowest BCUT2D eigenvalue weighted by Gasteiger charge is -2.23. The third-order valence-electron chi connectivity index (χ3n) is 2.35. The van der Waals surface area contributed by atoms with Crippen LogP contribution in [-0.2, 0) is 11.2 Å². The molecule has 1 amide bonds. The number of rotatable bonds is 4. The molecule has 0 radical (unpaired) electrons. The van der Waals surface area contributed by atoms with Crippen molar-refractivity contribution in [1.29, 1.82) is 0 Å². The fourth-order valence-corrected chi connectivity index (χ4v) is 1.42. The van der Waals surface area contributed by atoms with Crippen LogP contribution >= 0.6 is 0 Å². The minimum Gasteiger partial charge on any atom is -1.00 e. The first-order valence-electron chi connectivity index (χ1n) is 5.54. The van der Waals surface area contributed by atoms with Gasteiger partial charge in [0, 0.05) is 19.0 Å². The van der Waals surface area contributed by atoms with E-state index in [-0.39, 0.29) is 22.9 Å². The van der Waals surface area contributed by atoms with E-state index in [4.69, 9.17) is 0 Å². The number of benzene rings is 1. The minimum atomic E-state index is -0.0286. The number of amides is 1. The average Bonchev–Trinajstić information content (AvgIpc) is 2.14. The predicted molar refractivity (Wildman–Crippen MR) is 67.3 cm³/mol. The van der Waals surface area contributed by atoms with Crippen molar-refractivity contribution in [3.05, 3.63) is 29.8 Å². The predicted octanol–water partition coefficient (Wildman–Crippen LogP) is -1.10. The van der Waals surface area contributed by atoms with Crippen molar-refractivity contribution in [2.45, 2.75) is 13.3 Å². The second-order valence-electron chi connectivity index (χ2n) is 5.14. The Morgan fingerprint density at radius 1 is 1.18 bits per heavy atom. The van der Waals surface area contributed by atoms with Gasteiger partial charge in [-0.05, 0) is 17.7 Å². The molecule has 0 atom stereocenters. The fraction of sp³-hybridized carbons (Fsp3) is 0.462. The van der Waals surface area contributed by atoms with E-state index >= 15 is 0 Å². The van der Waals surface area contributed by atoms with Crippen LogP contribution in [0.2, 0.25) is 0 Å². The van der Waals surface area contributed by atoms with Crippen LogP contribution in [0.1, 0.15) is 12.5 Å². The Bertz CT molecular complexity index is 355. The Kier molecular flexibility index (Phi) is 6.42. The van der Waals surface area contributed by atoms with Crippen molar-refractivity contribution in [2.24, 2.45) is 0 Å². The summed E-state index contributed by atoms with van der Waals surface area (Å²) < 4.78 is 0.966. The summed E-state index contributed by atoms with van der Waals surface area (Å²) in [6.45, 7) is 2.63. The summed E-state index contributed by atoms with van der Waals surface area (Å²) >= 11 is 0. The van der Waals surface area contributed by atoms with Gasteiger partial charge in [0.15, 0.2) is 0 Å². The molecule has 0 heterocycles. The van der Waals surface area contributed by atoms with E-state index in [0.717, 1.165) is 23.1 Å². The molecule has 0 saturated heterocycles. The van der Waals surface area contributed by atoms with Gasteiger partial charge in [0.05, 0.1) is 27.7 Å². The van der Waals surface area contributed by atoms with Crippen LogP contribution in [0.4, 0.5) is 5.69 Å². The molecule has 0 spiro atoms. The first kappa shape index (κ1) is 16.1. The number of hydrogen-bond donors (Lipinski definition) is 1. The van der Waals surface area contributed by atoms with Gasteiger partial charge in [-0.25, -0.2) is 0 Å². The third-order valence-corrected chi connectivity index (χ3v) is 2.35. The number of likely N-dealkylation sites (N-methyl/N-ethyl adjacent to an activating group) is 1. The molecule has 0 aliphatic rings. The molecule has 1 N–H and O–H groups in total. The minimum absolute atomic E-state index is 0. The van der Waals surface area contributed by atoms with E-state index in [9.17, 15) is 4.79 Å². The molecule has 0 aliphatic carbocycles. The Morgan fingerprint density at radius 3 is 2.12 bits per heavy atom. The lowest BCUT2D eigenvalue weighted by Crippen LogP contribution is -3.00. The highest BCUT2D eigenvalue weighted by atomic mass is 79.9. The number of halogens is 1. The maximum Gasteiger partial charge on any atom is 0.221 e. The average molecular weight is 301 g/mol. The van der Waals surface area contributed by atoms with E-state index in [1.807, 2.05) is 12.1 Å². The molecule has 1 aromatic carbocycles. The van der Waals surface area contributed by atoms with Gasteiger partial charge in [0.2, 0.25) is 5.91 Å². The van der Waals surface area contributed by atoms with Crippen LogP contribution < -0.4 is 22.3 Å². The molecule has 3 nitrogen and oxygen atoms in total. The summed E-state index contributed by atoms with van der Waals surface area (Å²) in [4.78, 5) is 10.8. The Labute approximate surface area is 114 Å². The SMILES string of the molecule is CC(=O)Nc1ccc(CC[N+](C)(C)C)cc1.[Br-]. The molecule has 0 fully saturated rings. The first-order valence-corrected chi connectivity index (χ1v) is 5.54. The standard InChI is InChI=1S/C13H20N2O.BrH/c1-11(16)14-13-7-5-12(6-8-13)9-10-15(2,3)4;/h5-8H,9-10H2,1-4H3;1H. The molecule has 0 bridgehead atoms. The van der Waals surface area contributed by atoms with Crippen LogP contribution in [0, 0.1) is 0 Å². The Morgan fingerprint density at radius 2 is 1.71 bits per heavy atom. The van der Waals surface area contributed by atoms with Crippen LogP contribution in [0.5, 0.6) is 0 Å². The lowest BCUT2D eigenvalue weighted by molar-refractivity contribution is -0.870. The smallest absolute Gasteiger partial charge is 0.221 e. The normalized spacial score (nSPS) is 10.6. The summed E-state index contributed by atoms with van der Waals surface area (Å²) in [6, 6.07) is 8.04. The van der Waals surface area contributed by atoms with E-state index in [1.165, 1.54) is 12.5 Å². The summed E-state index contributed by atoms with van der Waals surface area (Å²) in [5.74, 6) is -0.0286. The van der Waals surface area contributed by atoms with Crippen LogP contribution in [0.25, 0.3) is 0 Å². The molecule has 0 unspecified atom stereocenters. The van der Waals surface area contributed by atoms with Crippen molar-refractivity contribution in [1.82, 2.24) is 0 Å². The second-order valence-corrected chi connectivity index (χ2v) is 5.14. The van der Waals surface area contributed by atoms with Gasteiger partial charge < -0.3 is 26.8 Å². The summed E-state index contributed by atoms with van der Waals surface area (Å²) in [7, 11) is 6.56. The maximum absolute atomic E-state index is 10.8. The molecule has 4 heteroatoms. The fourth-order valence-electron chi connectivity index (χ4n) is 1.42. The summed E-state index contributed by atoms with van der Waals surface area (Å²) in [6.07, 6.45) is 1.06. The summed E-state index contributed by atoms with van der Waals surface area (Å²) in [5.41, 5.74) is 2.17. The van der Waals surface area contributed by atoms with Gasteiger partial charge in [0.25, 0.3) is 0 Å². The number of hydrogen-bond acceptors (Lipinski definition) is 1. The molecular weight excluding hydrogens is 280 g/mol. The highest BCUT2D eigenvalue weighted by molar-refractivity contribution is 5.88. The molecule has 96 valence electrons. The number of nitrogens with one attached hydrogen (secondary N) is 1. The van der Waals surface area contributed by atoms with E-state index in [1.54, 1.807) is 0 Å². The largest absolute Gasteiger partial charge is 1.00 e. The van der Waals surface area contributed by atoms with E-state index in [0.29, 0.717) is 0 Å². The second kappa shape index (κ2) is 6.77.